The van der Waals surface area contributed by atoms with Crippen LogP contribution in [0.15, 0.2) is 36.4 Å². The summed E-state index contributed by atoms with van der Waals surface area (Å²) in [6.07, 6.45) is 0. The Hall–Kier alpha value is -3.18. The van der Waals surface area contributed by atoms with Crippen molar-refractivity contribution in [3.8, 4) is 17.2 Å². The molecule has 0 aliphatic heterocycles. The lowest BCUT2D eigenvalue weighted by Crippen LogP contribution is -2.11. The summed E-state index contributed by atoms with van der Waals surface area (Å²) in [7, 11) is 13.1. The highest BCUT2D eigenvalue weighted by Gasteiger charge is 2.26. The summed E-state index contributed by atoms with van der Waals surface area (Å²) in [6.45, 7) is 1.89. The highest BCUT2D eigenvalue weighted by atomic mass is 16.5. The van der Waals surface area contributed by atoms with Gasteiger partial charge in [0.1, 0.15) is 17.2 Å². The van der Waals surface area contributed by atoms with E-state index < -0.39 is 0 Å². The maximum Gasteiger partial charge on any atom is 0.129 e. The lowest BCUT2D eigenvalue weighted by Gasteiger charge is -2.26. The van der Waals surface area contributed by atoms with Gasteiger partial charge in [0.05, 0.1) is 53.9 Å². The van der Waals surface area contributed by atoms with E-state index in [4.69, 9.17) is 37.9 Å². The zero-order valence-electron chi connectivity index (χ0n) is 26.0. The third kappa shape index (κ3) is 7.60. The van der Waals surface area contributed by atoms with Crippen LogP contribution in [0.25, 0.3) is 0 Å². The summed E-state index contributed by atoms with van der Waals surface area (Å²) in [5, 5.41) is 11.0. The van der Waals surface area contributed by atoms with Gasteiger partial charge in [-0.15, -0.1) is 0 Å². The highest BCUT2D eigenvalue weighted by Crippen LogP contribution is 2.42. The van der Waals surface area contributed by atoms with Gasteiger partial charge >= 0.3 is 0 Å². The molecule has 230 valence electrons. The van der Waals surface area contributed by atoms with Gasteiger partial charge in [0.25, 0.3) is 0 Å². The molecule has 3 aromatic rings. The predicted octanol–water partition coefficient (Wildman–Crippen LogP) is 5.47. The van der Waals surface area contributed by atoms with Crippen LogP contribution in [-0.2, 0) is 68.1 Å². The first-order valence-electron chi connectivity index (χ1n) is 13.6. The van der Waals surface area contributed by atoms with Crippen molar-refractivity contribution in [3.63, 3.8) is 0 Å². The number of aromatic hydroxyl groups is 1. The predicted molar refractivity (Wildman–Crippen MR) is 159 cm³/mol. The first-order valence-corrected chi connectivity index (χ1v) is 13.6. The molecule has 0 saturated carbocycles. The number of phenols is 1. The second-order valence-electron chi connectivity index (χ2n) is 9.96. The van der Waals surface area contributed by atoms with E-state index in [0.717, 1.165) is 50.4 Å². The van der Waals surface area contributed by atoms with E-state index in [2.05, 4.69) is 24.3 Å². The summed E-state index contributed by atoms with van der Waals surface area (Å²) >= 11 is 0. The van der Waals surface area contributed by atoms with Crippen LogP contribution in [0.4, 0.5) is 0 Å². The minimum atomic E-state index is -0.286. The van der Waals surface area contributed by atoms with Crippen LogP contribution in [0.3, 0.4) is 0 Å². The van der Waals surface area contributed by atoms with Crippen molar-refractivity contribution in [2.24, 2.45) is 0 Å². The molecule has 0 atom stereocenters. The van der Waals surface area contributed by atoms with Gasteiger partial charge in [-0.05, 0) is 53.1 Å². The minimum Gasteiger partial charge on any atom is -0.507 e. The molecule has 0 unspecified atom stereocenters. The van der Waals surface area contributed by atoms with E-state index in [-0.39, 0.29) is 24.9 Å². The average Bonchev–Trinajstić information content (AvgIpc) is 2.96. The summed E-state index contributed by atoms with van der Waals surface area (Å²) in [5.74, 6) is 1.32. The van der Waals surface area contributed by atoms with Gasteiger partial charge in [-0.2, -0.15) is 0 Å². The van der Waals surface area contributed by atoms with Gasteiger partial charge in [-0.3, -0.25) is 0 Å². The van der Waals surface area contributed by atoms with Crippen molar-refractivity contribution in [1.29, 1.82) is 0 Å². The number of hydrogen-bond donors (Lipinski definition) is 1. The number of hydrogen-bond acceptors (Lipinski definition) is 9. The van der Waals surface area contributed by atoms with Crippen LogP contribution < -0.4 is 9.47 Å². The zero-order valence-corrected chi connectivity index (χ0v) is 26.0. The van der Waals surface area contributed by atoms with E-state index >= 15 is 0 Å². The van der Waals surface area contributed by atoms with Crippen LogP contribution in [0.5, 0.6) is 17.2 Å². The molecule has 0 aromatic heterocycles. The van der Waals surface area contributed by atoms with Crippen molar-refractivity contribution in [1.82, 2.24) is 0 Å². The molecule has 1 N–H and O–H groups in total. The summed E-state index contributed by atoms with van der Waals surface area (Å²) in [5.41, 5.74) is 7.83. The summed E-state index contributed by atoms with van der Waals surface area (Å²) in [4.78, 5) is 0. The largest absolute Gasteiger partial charge is 0.507 e. The van der Waals surface area contributed by atoms with Crippen LogP contribution in [0.2, 0.25) is 0 Å². The molecule has 9 heteroatoms. The van der Waals surface area contributed by atoms with Gasteiger partial charge in [0, 0.05) is 82.0 Å². The highest BCUT2D eigenvalue weighted by molar-refractivity contribution is 5.56. The van der Waals surface area contributed by atoms with E-state index in [0.29, 0.717) is 37.6 Å². The molecule has 0 saturated heterocycles. The molecular weight excluding hydrogens is 540 g/mol. The summed E-state index contributed by atoms with van der Waals surface area (Å²) in [6, 6.07) is 12.4. The van der Waals surface area contributed by atoms with Crippen LogP contribution in [0, 0.1) is 0 Å². The second kappa shape index (κ2) is 16.5. The molecule has 0 aliphatic rings. The topological polar surface area (TPSA) is 94.1 Å². The molecule has 9 nitrogen and oxygen atoms in total. The number of ether oxygens (including phenoxy) is 8. The monoisotopic (exact) mass is 584 g/mol. The number of methoxy groups -OCH3 is 8. The van der Waals surface area contributed by atoms with Crippen molar-refractivity contribution in [3.05, 3.63) is 86.5 Å². The first-order chi connectivity index (χ1) is 20.4. The van der Waals surface area contributed by atoms with E-state index in [9.17, 15) is 5.11 Å². The maximum absolute atomic E-state index is 11.0. The Morgan fingerprint density at radius 1 is 0.429 bits per heavy atom. The molecule has 0 spiro atoms. The fraction of sp³-hybridized carbons (Fsp3) is 0.455. The Morgan fingerprint density at radius 2 is 0.667 bits per heavy atom. The summed E-state index contributed by atoms with van der Waals surface area (Å²) < 4.78 is 44.8. The molecular formula is C33H44O9. The Kier molecular flexibility index (Phi) is 13.1. The fourth-order valence-electron chi connectivity index (χ4n) is 5.53. The molecule has 3 aromatic carbocycles. The Labute approximate surface area is 249 Å². The van der Waals surface area contributed by atoms with Crippen molar-refractivity contribution < 1.29 is 43.0 Å². The smallest absolute Gasteiger partial charge is 0.129 e. The SMILES string of the molecule is COCc1cc(C(c2cc(COC)c(OC)c(COC)c2)c2cc(COC)c(OC)c(COC)c2)cc(COC)c1O. The molecule has 0 aliphatic carbocycles. The molecule has 0 radical (unpaired) electrons. The normalized spacial score (nSPS) is 11.4. The molecule has 0 amide bonds. The van der Waals surface area contributed by atoms with Gasteiger partial charge in [-0.25, -0.2) is 0 Å². The molecule has 0 heterocycles. The van der Waals surface area contributed by atoms with E-state index in [1.54, 1.807) is 56.9 Å². The van der Waals surface area contributed by atoms with Gasteiger partial charge in [-0.1, -0.05) is 0 Å². The third-order valence-corrected chi connectivity index (χ3v) is 7.03. The fourth-order valence-corrected chi connectivity index (χ4v) is 5.53. The van der Waals surface area contributed by atoms with Crippen LogP contribution >= 0.6 is 0 Å². The maximum atomic E-state index is 11.0. The number of phenolic OH excluding ortho intramolecular Hbond substituents is 1. The first kappa shape index (κ1) is 33.3. The Balaban J connectivity index is 2.45. The van der Waals surface area contributed by atoms with Crippen molar-refractivity contribution >= 4 is 0 Å². The van der Waals surface area contributed by atoms with E-state index in [1.807, 2.05) is 12.1 Å². The quantitative estimate of drug-likeness (QED) is 0.207. The third-order valence-electron chi connectivity index (χ3n) is 7.03. The minimum absolute atomic E-state index is 0.158. The van der Waals surface area contributed by atoms with Crippen LogP contribution in [-0.4, -0.2) is 62.0 Å². The Bertz CT molecular complexity index is 1160. The molecule has 42 heavy (non-hydrogen) atoms. The standard InChI is InChI=1S/C33H44O9/c1-35-15-24-9-21(10-25(16-36-2)31(24)34)30(22-11-26(17-37-3)32(41-7)27(12-22)18-38-4)23-13-28(19-39-5)33(42-8)29(14-23)20-40-6/h9-14,30,34H,15-20H2,1-8H3. The van der Waals surface area contributed by atoms with E-state index in [1.165, 1.54) is 0 Å². The molecule has 0 bridgehead atoms. The lowest BCUT2D eigenvalue weighted by atomic mass is 9.81. The molecule has 3 rings (SSSR count). The lowest BCUT2D eigenvalue weighted by molar-refractivity contribution is 0.173. The number of rotatable bonds is 17. The van der Waals surface area contributed by atoms with Crippen molar-refractivity contribution in [2.45, 2.75) is 45.6 Å². The molecule has 0 fully saturated rings. The van der Waals surface area contributed by atoms with Gasteiger partial charge in [0.15, 0.2) is 0 Å². The van der Waals surface area contributed by atoms with Gasteiger partial charge in [0.2, 0.25) is 0 Å². The van der Waals surface area contributed by atoms with Crippen molar-refractivity contribution in [2.75, 3.05) is 56.9 Å². The Morgan fingerprint density at radius 3 is 0.905 bits per heavy atom. The zero-order chi connectivity index (χ0) is 30.6. The average molecular weight is 585 g/mol. The van der Waals surface area contributed by atoms with Gasteiger partial charge < -0.3 is 43.0 Å². The second-order valence-corrected chi connectivity index (χ2v) is 9.96. The number of benzene rings is 3. The van der Waals surface area contributed by atoms with Crippen LogP contribution in [0.1, 0.15) is 56.0 Å².